The Bertz CT molecular complexity index is 712. The highest BCUT2D eigenvalue weighted by atomic mass is 32.2. The van der Waals surface area contributed by atoms with Crippen molar-refractivity contribution in [1.82, 2.24) is 0 Å². The quantitative estimate of drug-likeness (QED) is 0.619. The first-order valence-corrected chi connectivity index (χ1v) is 9.16. The third-order valence-corrected chi connectivity index (χ3v) is 5.49. The molecule has 0 fully saturated rings. The van der Waals surface area contributed by atoms with Crippen molar-refractivity contribution in [3.63, 3.8) is 0 Å². The van der Waals surface area contributed by atoms with Gasteiger partial charge in [-0.1, -0.05) is 26.3 Å². The average Bonchev–Trinajstić information content (AvgIpc) is 2.55. The van der Waals surface area contributed by atoms with Crippen LogP contribution in [0.4, 0.5) is 30.7 Å². The molecule has 154 valence electrons. The van der Waals surface area contributed by atoms with Gasteiger partial charge in [-0.15, -0.1) is 0 Å². The first kappa shape index (κ1) is 23.4. The van der Waals surface area contributed by atoms with E-state index in [4.69, 9.17) is 5.11 Å². The van der Waals surface area contributed by atoms with Crippen molar-refractivity contribution in [2.75, 3.05) is 5.75 Å². The van der Waals surface area contributed by atoms with E-state index in [9.17, 15) is 39.7 Å². The monoisotopic (exact) mass is 422 g/mol. The molecule has 0 amide bonds. The van der Waals surface area contributed by atoms with E-state index in [2.05, 4.69) is 0 Å². The summed E-state index contributed by atoms with van der Waals surface area (Å²) in [4.78, 5) is 10.2. The summed E-state index contributed by atoms with van der Waals surface area (Å²) in [6.07, 6.45) is -12.5. The number of carboxylic acids is 1. The minimum atomic E-state index is -6.38. The Morgan fingerprint density at radius 2 is 1.56 bits per heavy atom. The van der Waals surface area contributed by atoms with Crippen LogP contribution in [0.5, 0.6) is 0 Å². The van der Waals surface area contributed by atoms with Gasteiger partial charge >= 0.3 is 24.0 Å². The highest BCUT2D eigenvalue weighted by Crippen LogP contribution is 2.55. The highest BCUT2D eigenvalue weighted by molar-refractivity contribution is 7.85. The molecule has 11 heteroatoms. The predicted molar refractivity (Wildman–Crippen MR) is 83.9 cm³/mol. The molecule has 0 radical (unpaired) electrons. The molecular weight excluding hydrogens is 405 g/mol. The molecule has 0 spiro atoms. The van der Waals surface area contributed by atoms with Crippen LogP contribution in [0.3, 0.4) is 0 Å². The van der Waals surface area contributed by atoms with Crippen LogP contribution in [0.15, 0.2) is 17.0 Å². The van der Waals surface area contributed by atoms with Crippen molar-refractivity contribution < 1.29 is 44.8 Å². The van der Waals surface area contributed by atoms with Gasteiger partial charge < -0.3 is 5.11 Å². The third kappa shape index (κ3) is 4.27. The summed E-state index contributed by atoms with van der Waals surface area (Å²) in [5.74, 6) is -1.96. The molecule has 0 bridgehead atoms. The topological polar surface area (TPSA) is 54.4 Å². The van der Waals surface area contributed by atoms with Crippen molar-refractivity contribution in [1.29, 1.82) is 0 Å². The molecule has 1 atom stereocenters. The van der Waals surface area contributed by atoms with Crippen LogP contribution >= 0.6 is 0 Å². The van der Waals surface area contributed by atoms with Gasteiger partial charge in [0, 0.05) is 16.2 Å². The summed E-state index contributed by atoms with van der Waals surface area (Å²) in [7, 11) is -2.45. The van der Waals surface area contributed by atoms with Crippen LogP contribution in [0, 0.1) is 0 Å². The molecule has 1 rings (SSSR count). The van der Waals surface area contributed by atoms with Gasteiger partial charge in [0.05, 0.1) is 16.4 Å². The van der Waals surface area contributed by atoms with Crippen molar-refractivity contribution in [2.24, 2.45) is 0 Å². The van der Waals surface area contributed by atoms with Crippen LogP contribution in [-0.4, -0.2) is 33.4 Å². The van der Waals surface area contributed by atoms with Gasteiger partial charge in [-0.05, 0) is 24.5 Å². The van der Waals surface area contributed by atoms with E-state index in [0.717, 1.165) is 0 Å². The highest BCUT2D eigenvalue weighted by Gasteiger charge is 2.74. The maximum Gasteiger partial charge on any atom is 0.435 e. The maximum atomic E-state index is 14.6. The number of aromatic carboxylic acids is 1. The normalized spacial score (nSPS) is 14.3. The van der Waals surface area contributed by atoms with Crippen LogP contribution in [0.25, 0.3) is 0 Å². The summed E-state index contributed by atoms with van der Waals surface area (Å²) in [6.45, 7) is 2.92. The lowest BCUT2D eigenvalue weighted by Gasteiger charge is -2.32. The van der Waals surface area contributed by atoms with Gasteiger partial charge in [0.25, 0.3) is 0 Å². The fourth-order valence-electron chi connectivity index (χ4n) is 2.55. The lowest BCUT2D eigenvalue weighted by Crippen LogP contribution is -2.51. The van der Waals surface area contributed by atoms with Gasteiger partial charge in [-0.25, -0.2) is 9.18 Å². The molecule has 3 nitrogen and oxygen atoms in total. The van der Waals surface area contributed by atoms with Gasteiger partial charge in [0.2, 0.25) is 0 Å². The summed E-state index contributed by atoms with van der Waals surface area (Å²) >= 11 is 0. The summed E-state index contributed by atoms with van der Waals surface area (Å²) in [6, 6.07) is 0.589. The Morgan fingerprint density at radius 1 is 1.04 bits per heavy atom. The Morgan fingerprint density at radius 3 is 1.93 bits per heavy atom. The van der Waals surface area contributed by atoms with E-state index in [1.165, 1.54) is 6.92 Å². The molecule has 1 aromatic rings. The second kappa shape index (κ2) is 8.15. The number of halogens is 7. The lowest BCUT2D eigenvalue weighted by atomic mass is 9.90. The summed E-state index contributed by atoms with van der Waals surface area (Å²) < 4.78 is 106. The third-order valence-electron chi connectivity index (χ3n) is 3.91. The first-order chi connectivity index (χ1) is 12.2. The molecule has 0 aliphatic heterocycles. The van der Waals surface area contributed by atoms with Crippen molar-refractivity contribution in [3.05, 3.63) is 28.8 Å². The molecule has 0 unspecified atom stereocenters. The number of benzene rings is 1. The van der Waals surface area contributed by atoms with Crippen LogP contribution in [0.2, 0.25) is 0 Å². The van der Waals surface area contributed by atoms with E-state index in [1.54, 1.807) is 6.92 Å². The van der Waals surface area contributed by atoms with E-state index in [1.807, 2.05) is 0 Å². The second-order valence-electron chi connectivity index (χ2n) is 5.68. The molecule has 1 aromatic carbocycles. The first-order valence-electron chi connectivity index (χ1n) is 7.84. The number of carboxylic acid groups (broad SMARTS) is 1. The zero-order valence-electron chi connectivity index (χ0n) is 14.3. The largest absolute Gasteiger partial charge is 0.478 e. The fourth-order valence-corrected chi connectivity index (χ4v) is 4.29. The van der Waals surface area contributed by atoms with Crippen molar-refractivity contribution >= 4 is 16.8 Å². The molecule has 0 heterocycles. The number of unbranched alkanes of at least 4 members (excludes halogenated alkanes) is 1. The minimum absolute atomic E-state index is 0.114. The zero-order valence-corrected chi connectivity index (χ0v) is 15.1. The van der Waals surface area contributed by atoms with Crippen LogP contribution < -0.4 is 0 Å². The Balaban J connectivity index is 3.97. The summed E-state index contributed by atoms with van der Waals surface area (Å²) in [5, 5.41) is 9.16. The molecule has 0 aliphatic rings. The fraction of sp³-hybridized carbons (Fsp3) is 0.562. The Labute approximate surface area is 153 Å². The number of alkyl halides is 7. The van der Waals surface area contributed by atoms with Gasteiger partial charge in [0.15, 0.2) is 0 Å². The smallest absolute Gasteiger partial charge is 0.435 e. The SMILES string of the molecule is CCCC[S@@](=O)c1c(C(F)(C(F)(F)F)C(F)(F)F)ccc(C(=O)O)c1CC. The second-order valence-corrected chi connectivity index (χ2v) is 7.19. The number of hydrogen-bond donors (Lipinski definition) is 1. The maximum absolute atomic E-state index is 14.6. The van der Waals surface area contributed by atoms with E-state index in [-0.39, 0.29) is 24.7 Å². The molecular formula is C16H17F7O3S. The van der Waals surface area contributed by atoms with Crippen molar-refractivity contribution in [3.8, 4) is 0 Å². The average molecular weight is 422 g/mol. The van der Waals surface area contributed by atoms with Crippen molar-refractivity contribution in [2.45, 2.75) is 56.0 Å². The van der Waals surface area contributed by atoms with Gasteiger partial charge in [-0.3, -0.25) is 4.21 Å². The lowest BCUT2D eigenvalue weighted by molar-refractivity contribution is -0.349. The Hall–Kier alpha value is -1.65. The van der Waals surface area contributed by atoms with Crippen LogP contribution in [-0.2, 0) is 22.9 Å². The molecule has 0 saturated heterocycles. The molecule has 0 aromatic heterocycles. The number of carbonyl (C=O) groups is 1. The zero-order chi connectivity index (χ0) is 21.2. The van der Waals surface area contributed by atoms with E-state index < -0.39 is 56.4 Å². The molecule has 27 heavy (non-hydrogen) atoms. The predicted octanol–water partition coefficient (Wildman–Crippen LogP) is 5.14. The van der Waals surface area contributed by atoms with E-state index >= 15 is 0 Å². The van der Waals surface area contributed by atoms with Gasteiger partial charge in [0.1, 0.15) is 0 Å². The number of rotatable bonds is 7. The van der Waals surface area contributed by atoms with Crippen LogP contribution in [0.1, 0.15) is 48.2 Å². The molecule has 0 aliphatic carbocycles. The van der Waals surface area contributed by atoms with Gasteiger partial charge in [-0.2, -0.15) is 26.3 Å². The Kier molecular flexibility index (Phi) is 7.06. The molecule has 1 N–H and O–H groups in total. The molecule has 0 saturated carbocycles. The van der Waals surface area contributed by atoms with E-state index in [0.29, 0.717) is 12.5 Å². The minimum Gasteiger partial charge on any atom is -0.478 e. The summed E-state index contributed by atoms with van der Waals surface area (Å²) in [5.41, 5.74) is -8.78. The standard InChI is InChI=1S/C16H17F7O3S/c1-3-5-8-27(26)12-9(4-2)10(13(24)25)6-7-11(12)14(17,15(18,19)20)16(21,22)23/h6-7H,3-5,8H2,1-2H3,(H,24,25)/t27-/m1/s1. The number of hydrogen-bond acceptors (Lipinski definition) is 2.